The molecular formula is C16H16N4O2. The summed E-state index contributed by atoms with van der Waals surface area (Å²) in [6.07, 6.45) is 3.28. The summed E-state index contributed by atoms with van der Waals surface area (Å²) in [6.45, 7) is 0.436. The van der Waals surface area contributed by atoms with Crippen LogP contribution in [-0.4, -0.2) is 32.0 Å². The molecule has 0 spiro atoms. The van der Waals surface area contributed by atoms with Crippen LogP contribution in [-0.2, 0) is 17.9 Å². The van der Waals surface area contributed by atoms with Gasteiger partial charge in [0.2, 0.25) is 5.91 Å². The fourth-order valence-electron chi connectivity index (χ4n) is 2.29. The van der Waals surface area contributed by atoms with Crippen LogP contribution in [0.2, 0.25) is 0 Å². The van der Waals surface area contributed by atoms with Crippen molar-refractivity contribution in [2.45, 2.75) is 13.1 Å². The Morgan fingerprint density at radius 2 is 1.95 bits per heavy atom. The molecule has 0 aliphatic rings. The van der Waals surface area contributed by atoms with E-state index >= 15 is 0 Å². The van der Waals surface area contributed by atoms with E-state index < -0.39 is 0 Å². The van der Waals surface area contributed by atoms with E-state index in [0.29, 0.717) is 12.1 Å². The molecule has 3 rings (SSSR count). The number of nitrogens with zero attached hydrogens (tertiary/aromatic N) is 4. The first-order valence-electron chi connectivity index (χ1n) is 6.96. The quantitative estimate of drug-likeness (QED) is 0.726. The molecular weight excluding hydrogens is 280 g/mol. The lowest BCUT2D eigenvalue weighted by Crippen LogP contribution is -2.35. The van der Waals surface area contributed by atoms with Crippen LogP contribution in [0.25, 0.3) is 5.52 Å². The van der Waals surface area contributed by atoms with Crippen molar-refractivity contribution < 1.29 is 4.79 Å². The lowest BCUT2D eigenvalue weighted by atomic mass is 10.2. The zero-order chi connectivity index (χ0) is 15.5. The van der Waals surface area contributed by atoms with E-state index in [9.17, 15) is 9.59 Å². The summed E-state index contributed by atoms with van der Waals surface area (Å²) in [6, 6.07) is 13.2. The maximum absolute atomic E-state index is 12.3. The molecule has 22 heavy (non-hydrogen) atoms. The van der Waals surface area contributed by atoms with Crippen molar-refractivity contribution in [2.24, 2.45) is 0 Å². The fraction of sp³-hybridized carbons (Fsp3) is 0.188. The molecule has 0 unspecified atom stereocenters. The highest BCUT2D eigenvalue weighted by molar-refractivity contribution is 5.75. The molecule has 0 aliphatic heterocycles. The van der Waals surface area contributed by atoms with Crippen molar-refractivity contribution in [1.82, 2.24) is 19.1 Å². The van der Waals surface area contributed by atoms with E-state index in [1.165, 1.54) is 11.0 Å². The molecule has 0 aliphatic carbocycles. The number of likely N-dealkylation sites (N-methyl/N-ethyl adjacent to an activating group) is 1. The van der Waals surface area contributed by atoms with Gasteiger partial charge in [-0.1, -0.05) is 30.3 Å². The van der Waals surface area contributed by atoms with Gasteiger partial charge in [0, 0.05) is 19.8 Å². The number of aromatic nitrogens is 3. The minimum Gasteiger partial charge on any atom is -0.340 e. The summed E-state index contributed by atoms with van der Waals surface area (Å²) in [7, 11) is 1.72. The van der Waals surface area contributed by atoms with Gasteiger partial charge in [0.05, 0.1) is 0 Å². The molecule has 6 heteroatoms. The number of rotatable bonds is 4. The maximum atomic E-state index is 12.3. The van der Waals surface area contributed by atoms with Gasteiger partial charge in [-0.3, -0.25) is 9.59 Å². The molecule has 0 saturated heterocycles. The number of fused-ring (bicyclic) bond motifs is 1. The molecule has 0 bridgehead atoms. The van der Waals surface area contributed by atoms with Crippen LogP contribution in [0.4, 0.5) is 0 Å². The van der Waals surface area contributed by atoms with E-state index in [-0.39, 0.29) is 18.0 Å². The predicted molar refractivity (Wildman–Crippen MR) is 82.4 cm³/mol. The molecule has 112 valence electrons. The summed E-state index contributed by atoms with van der Waals surface area (Å²) >= 11 is 0. The van der Waals surface area contributed by atoms with Crippen LogP contribution in [0.5, 0.6) is 0 Å². The number of carbonyl (C=O) groups excluding carboxylic acids is 1. The van der Waals surface area contributed by atoms with Crippen molar-refractivity contribution in [1.29, 1.82) is 0 Å². The molecule has 3 aromatic rings. The molecule has 0 radical (unpaired) electrons. The minimum absolute atomic E-state index is 0.0656. The number of carbonyl (C=O) groups is 1. The van der Waals surface area contributed by atoms with Crippen LogP contribution in [0.3, 0.4) is 0 Å². The third-order valence-corrected chi connectivity index (χ3v) is 3.52. The van der Waals surface area contributed by atoms with Crippen LogP contribution in [0, 0.1) is 0 Å². The van der Waals surface area contributed by atoms with E-state index in [1.807, 2.05) is 30.3 Å². The SMILES string of the molecule is CN(Cc1ccccc1)C(=O)Cn1ncn2cccc2c1=O. The Morgan fingerprint density at radius 3 is 2.73 bits per heavy atom. The Hall–Kier alpha value is -2.89. The molecule has 0 saturated carbocycles. The monoisotopic (exact) mass is 296 g/mol. The van der Waals surface area contributed by atoms with E-state index in [2.05, 4.69) is 5.10 Å². The molecule has 0 fully saturated rings. The summed E-state index contributed by atoms with van der Waals surface area (Å²) in [5, 5.41) is 4.03. The predicted octanol–water partition coefficient (Wildman–Crippen LogP) is 1.15. The van der Waals surface area contributed by atoms with Crippen LogP contribution >= 0.6 is 0 Å². The number of hydrogen-bond acceptors (Lipinski definition) is 3. The van der Waals surface area contributed by atoms with Gasteiger partial charge in [0.1, 0.15) is 18.4 Å². The van der Waals surface area contributed by atoms with Gasteiger partial charge in [-0.25, -0.2) is 4.68 Å². The summed E-state index contributed by atoms with van der Waals surface area (Å²) in [5.74, 6) is -0.158. The van der Waals surface area contributed by atoms with E-state index in [1.54, 1.807) is 34.7 Å². The lowest BCUT2D eigenvalue weighted by Gasteiger charge is -2.17. The zero-order valence-electron chi connectivity index (χ0n) is 12.2. The first kappa shape index (κ1) is 14.1. The van der Waals surface area contributed by atoms with Crippen LogP contribution in [0.15, 0.2) is 59.8 Å². The second kappa shape index (κ2) is 5.85. The van der Waals surface area contributed by atoms with Gasteiger partial charge in [-0.2, -0.15) is 5.10 Å². The third kappa shape index (κ3) is 2.76. The van der Waals surface area contributed by atoms with Gasteiger partial charge in [-0.15, -0.1) is 0 Å². The lowest BCUT2D eigenvalue weighted by molar-refractivity contribution is -0.131. The smallest absolute Gasteiger partial charge is 0.291 e. The van der Waals surface area contributed by atoms with Gasteiger partial charge >= 0.3 is 0 Å². The average Bonchev–Trinajstić information content (AvgIpc) is 3.00. The summed E-state index contributed by atoms with van der Waals surface area (Å²) in [4.78, 5) is 26.1. The normalized spacial score (nSPS) is 10.8. The number of amides is 1. The van der Waals surface area contributed by atoms with Crippen molar-refractivity contribution in [3.63, 3.8) is 0 Å². The molecule has 0 atom stereocenters. The Bertz CT molecular complexity index is 851. The summed E-state index contributed by atoms with van der Waals surface area (Å²) < 4.78 is 2.83. The Balaban J connectivity index is 1.75. The minimum atomic E-state index is -0.269. The molecule has 1 aromatic carbocycles. The van der Waals surface area contributed by atoms with Gasteiger partial charge in [0.15, 0.2) is 0 Å². The average molecular weight is 296 g/mol. The fourth-order valence-corrected chi connectivity index (χ4v) is 2.29. The molecule has 2 aromatic heterocycles. The van der Waals surface area contributed by atoms with E-state index in [0.717, 1.165) is 5.56 Å². The molecule has 0 N–H and O–H groups in total. The van der Waals surface area contributed by atoms with Crippen molar-refractivity contribution in [3.8, 4) is 0 Å². The van der Waals surface area contributed by atoms with Gasteiger partial charge in [0.25, 0.3) is 5.56 Å². The maximum Gasteiger partial charge on any atom is 0.291 e. The van der Waals surface area contributed by atoms with Crippen LogP contribution < -0.4 is 5.56 Å². The molecule has 1 amide bonds. The van der Waals surface area contributed by atoms with Crippen molar-refractivity contribution in [2.75, 3.05) is 7.05 Å². The van der Waals surface area contributed by atoms with E-state index in [4.69, 9.17) is 0 Å². The first-order valence-corrected chi connectivity index (χ1v) is 6.96. The van der Waals surface area contributed by atoms with Crippen molar-refractivity contribution in [3.05, 3.63) is 70.9 Å². The highest BCUT2D eigenvalue weighted by atomic mass is 16.2. The largest absolute Gasteiger partial charge is 0.340 e. The second-order valence-corrected chi connectivity index (χ2v) is 5.13. The van der Waals surface area contributed by atoms with Gasteiger partial charge < -0.3 is 9.30 Å². The first-order chi connectivity index (χ1) is 10.6. The molecule has 2 heterocycles. The Kier molecular flexibility index (Phi) is 3.74. The van der Waals surface area contributed by atoms with Gasteiger partial charge in [-0.05, 0) is 17.7 Å². The standard InChI is InChI=1S/C16H16N4O2/c1-18(10-13-6-3-2-4-7-13)15(21)11-20-16(22)14-8-5-9-19(14)12-17-20/h2-9,12H,10-11H2,1H3. The topological polar surface area (TPSA) is 59.6 Å². The van der Waals surface area contributed by atoms with Crippen molar-refractivity contribution >= 4 is 11.4 Å². The number of benzene rings is 1. The highest BCUT2D eigenvalue weighted by Gasteiger charge is 2.13. The second-order valence-electron chi connectivity index (χ2n) is 5.13. The Labute approximate surface area is 127 Å². The zero-order valence-corrected chi connectivity index (χ0v) is 12.2. The third-order valence-electron chi connectivity index (χ3n) is 3.52. The highest BCUT2D eigenvalue weighted by Crippen LogP contribution is 2.03. The number of hydrogen-bond donors (Lipinski definition) is 0. The molecule has 6 nitrogen and oxygen atoms in total. The summed E-state index contributed by atoms with van der Waals surface area (Å²) in [5.41, 5.74) is 1.28. The van der Waals surface area contributed by atoms with Crippen LogP contribution in [0.1, 0.15) is 5.56 Å². The Morgan fingerprint density at radius 1 is 1.18 bits per heavy atom.